The van der Waals surface area contributed by atoms with Crippen LogP contribution in [0.4, 0.5) is 0 Å². The summed E-state index contributed by atoms with van der Waals surface area (Å²) in [5.41, 5.74) is 0.632. The lowest BCUT2D eigenvalue weighted by Crippen LogP contribution is -2.27. The molecule has 1 rings (SSSR count). The molecule has 4 heteroatoms. The summed E-state index contributed by atoms with van der Waals surface area (Å²) in [4.78, 5) is 14.3. The van der Waals surface area contributed by atoms with Crippen LogP contribution in [0.25, 0.3) is 0 Å². The lowest BCUT2D eigenvalue weighted by atomic mass is 10.2. The van der Waals surface area contributed by atoms with Crippen molar-refractivity contribution >= 4 is 30.1 Å². The highest BCUT2D eigenvalue weighted by molar-refractivity contribution is 7.80. The molecule has 1 amide bonds. The Bertz CT molecular complexity index is 381. The zero-order chi connectivity index (χ0) is 12.1. The van der Waals surface area contributed by atoms with Gasteiger partial charge in [0.15, 0.2) is 0 Å². The lowest BCUT2D eigenvalue weighted by molar-refractivity contribution is 0.0793. The molecule has 0 unspecified atom stereocenters. The largest absolute Gasteiger partial charge is 0.342 e. The van der Waals surface area contributed by atoms with E-state index in [2.05, 4.69) is 19.6 Å². The van der Waals surface area contributed by atoms with Crippen LogP contribution >= 0.6 is 24.2 Å². The van der Waals surface area contributed by atoms with Crippen molar-refractivity contribution in [2.45, 2.75) is 24.7 Å². The fourth-order valence-corrected chi connectivity index (χ4v) is 1.69. The summed E-state index contributed by atoms with van der Waals surface area (Å²) in [5.74, 6) is 0.0143. The number of rotatable bonds is 4. The van der Waals surface area contributed by atoms with Crippen LogP contribution in [0.2, 0.25) is 5.02 Å². The molecule has 0 spiro atoms. The average Bonchev–Trinajstić information content (AvgIpc) is 2.28. The molecule has 2 nitrogen and oxygen atoms in total. The van der Waals surface area contributed by atoms with Crippen molar-refractivity contribution in [2.24, 2.45) is 0 Å². The van der Waals surface area contributed by atoms with Crippen molar-refractivity contribution in [2.75, 3.05) is 13.6 Å². The van der Waals surface area contributed by atoms with Crippen molar-refractivity contribution in [3.8, 4) is 0 Å². The van der Waals surface area contributed by atoms with E-state index in [1.165, 1.54) is 0 Å². The fourth-order valence-electron chi connectivity index (χ4n) is 1.36. The molecule has 0 aliphatic carbocycles. The van der Waals surface area contributed by atoms with Gasteiger partial charge in [-0.05, 0) is 24.6 Å². The summed E-state index contributed by atoms with van der Waals surface area (Å²) in [6.07, 6.45) is 2.10. The van der Waals surface area contributed by atoms with Crippen LogP contribution in [0.1, 0.15) is 30.1 Å². The smallest absolute Gasteiger partial charge is 0.253 e. The number of carbonyl (C=O) groups is 1. The summed E-state index contributed by atoms with van der Waals surface area (Å²) in [7, 11) is 1.81. The minimum atomic E-state index is 0.0143. The van der Waals surface area contributed by atoms with Crippen LogP contribution < -0.4 is 0 Å². The number of hydrogen-bond donors (Lipinski definition) is 1. The molecule has 0 fully saturated rings. The lowest BCUT2D eigenvalue weighted by Gasteiger charge is -2.17. The molecule has 16 heavy (non-hydrogen) atoms. The van der Waals surface area contributed by atoms with Gasteiger partial charge < -0.3 is 4.90 Å². The number of hydrogen-bond acceptors (Lipinski definition) is 2. The summed E-state index contributed by atoms with van der Waals surface area (Å²) < 4.78 is 0. The SMILES string of the molecule is CCCCN(C)C(=O)c1ccc(Cl)c(S)c1. The molecule has 0 heterocycles. The normalized spacial score (nSPS) is 10.2. The quantitative estimate of drug-likeness (QED) is 0.819. The van der Waals surface area contributed by atoms with Gasteiger partial charge in [0.1, 0.15) is 0 Å². The Balaban J connectivity index is 2.76. The minimum Gasteiger partial charge on any atom is -0.342 e. The van der Waals surface area contributed by atoms with Crippen LogP contribution in [-0.4, -0.2) is 24.4 Å². The second-order valence-electron chi connectivity index (χ2n) is 3.75. The molecule has 0 atom stereocenters. The Morgan fingerprint density at radius 2 is 2.19 bits per heavy atom. The van der Waals surface area contributed by atoms with Crippen LogP contribution in [0.3, 0.4) is 0 Å². The zero-order valence-corrected chi connectivity index (χ0v) is 11.2. The van der Waals surface area contributed by atoms with Gasteiger partial charge in [-0.2, -0.15) is 0 Å². The van der Waals surface area contributed by atoms with Gasteiger partial charge in [-0.1, -0.05) is 24.9 Å². The van der Waals surface area contributed by atoms with E-state index in [1.54, 1.807) is 23.1 Å². The number of thiol groups is 1. The van der Waals surface area contributed by atoms with Gasteiger partial charge in [0.05, 0.1) is 5.02 Å². The highest BCUT2D eigenvalue weighted by Crippen LogP contribution is 2.21. The zero-order valence-electron chi connectivity index (χ0n) is 9.53. The highest BCUT2D eigenvalue weighted by Gasteiger charge is 2.11. The molecule has 0 N–H and O–H groups in total. The Morgan fingerprint density at radius 1 is 1.50 bits per heavy atom. The first-order valence-electron chi connectivity index (χ1n) is 5.30. The van der Waals surface area contributed by atoms with Crippen molar-refractivity contribution in [3.05, 3.63) is 28.8 Å². The Morgan fingerprint density at radius 3 is 2.75 bits per heavy atom. The van der Waals surface area contributed by atoms with Gasteiger partial charge in [0, 0.05) is 24.1 Å². The van der Waals surface area contributed by atoms with Gasteiger partial charge in [-0.25, -0.2) is 0 Å². The first kappa shape index (κ1) is 13.4. The molecule has 0 saturated carbocycles. The third kappa shape index (κ3) is 3.42. The monoisotopic (exact) mass is 257 g/mol. The van der Waals surface area contributed by atoms with E-state index in [0.29, 0.717) is 15.5 Å². The van der Waals surface area contributed by atoms with Crippen LogP contribution in [0.15, 0.2) is 23.1 Å². The molecule has 88 valence electrons. The molecule has 0 aliphatic heterocycles. The number of benzene rings is 1. The predicted molar refractivity (Wildman–Crippen MR) is 70.6 cm³/mol. The van der Waals surface area contributed by atoms with Crippen molar-refractivity contribution in [1.82, 2.24) is 4.90 Å². The molecule has 1 aromatic rings. The molecule has 0 radical (unpaired) electrons. The van der Waals surface area contributed by atoms with Crippen molar-refractivity contribution in [1.29, 1.82) is 0 Å². The second kappa shape index (κ2) is 6.16. The first-order valence-corrected chi connectivity index (χ1v) is 6.12. The third-order valence-corrected chi connectivity index (χ3v) is 3.22. The summed E-state index contributed by atoms with van der Waals surface area (Å²) >= 11 is 10.0. The van der Waals surface area contributed by atoms with Gasteiger partial charge in [-0.3, -0.25) is 4.79 Å². The Labute approximate surface area is 107 Å². The number of amides is 1. The molecule has 1 aromatic carbocycles. The molecular weight excluding hydrogens is 242 g/mol. The predicted octanol–water partition coefficient (Wildman–Crippen LogP) is 3.50. The van der Waals surface area contributed by atoms with E-state index in [0.717, 1.165) is 19.4 Å². The number of nitrogens with zero attached hydrogens (tertiary/aromatic N) is 1. The highest BCUT2D eigenvalue weighted by atomic mass is 35.5. The van der Waals surface area contributed by atoms with Crippen LogP contribution in [0.5, 0.6) is 0 Å². The average molecular weight is 258 g/mol. The van der Waals surface area contributed by atoms with E-state index in [-0.39, 0.29) is 5.91 Å². The summed E-state index contributed by atoms with van der Waals surface area (Å²) in [6.45, 7) is 2.88. The molecule has 0 bridgehead atoms. The van der Waals surface area contributed by atoms with E-state index >= 15 is 0 Å². The maximum Gasteiger partial charge on any atom is 0.253 e. The molecule has 0 aliphatic rings. The molecule has 0 aromatic heterocycles. The van der Waals surface area contributed by atoms with Crippen molar-refractivity contribution < 1.29 is 4.79 Å². The molecule has 0 saturated heterocycles. The second-order valence-corrected chi connectivity index (χ2v) is 4.64. The van der Waals surface area contributed by atoms with Gasteiger partial charge in [-0.15, -0.1) is 12.6 Å². The third-order valence-electron chi connectivity index (χ3n) is 2.39. The first-order chi connectivity index (χ1) is 7.56. The number of unbranched alkanes of at least 4 members (excludes halogenated alkanes) is 1. The number of halogens is 1. The standard InChI is InChI=1S/C12H16ClNOS/c1-3-4-7-14(2)12(15)9-5-6-10(13)11(16)8-9/h5-6,8,16H,3-4,7H2,1-2H3. The number of carbonyl (C=O) groups excluding carboxylic acids is 1. The van der Waals surface area contributed by atoms with Gasteiger partial charge >= 0.3 is 0 Å². The van der Waals surface area contributed by atoms with E-state index in [4.69, 9.17) is 11.6 Å². The maximum absolute atomic E-state index is 12.0. The van der Waals surface area contributed by atoms with Crippen molar-refractivity contribution in [3.63, 3.8) is 0 Å². The fraction of sp³-hybridized carbons (Fsp3) is 0.417. The van der Waals surface area contributed by atoms with Crippen LogP contribution in [0, 0.1) is 0 Å². The van der Waals surface area contributed by atoms with E-state index in [9.17, 15) is 4.79 Å². The van der Waals surface area contributed by atoms with E-state index < -0.39 is 0 Å². The van der Waals surface area contributed by atoms with Gasteiger partial charge in [0.2, 0.25) is 0 Å². The summed E-state index contributed by atoms with van der Waals surface area (Å²) in [6, 6.07) is 5.13. The Hall–Kier alpha value is -0.670. The van der Waals surface area contributed by atoms with Crippen LogP contribution in [-0.2, 0) is 0 Å². The topological polar surface area (TPSA) is 20.3 Å². The minimum absolute atomic E-state index is 0.0143. The maximum atomic E-state index is 12.0. The van der Waals surface area contributed by atoms with E-state index in [1.807, 2.05) is 7.05 Å². The molecular formula is C12H16ClNOS. The van der Waals surface area contributed by atoms with Gasteiger partial charge in [0.25, 0.3) is 5.91 Å². The summed E-state index contributed by atoms with van der Waals surface area (Å²) in [5, 5.41) is 0.566. The Kier molecular flexibility index (Phi) is 5.16.